The average molecular weight is 503 g/mol. The maximum atomic E-state index is 13.6. The number of benzene rings is 4. The Balaban J connectivity index is 1.27. The molecule has 2 aromatic heterocycles. The van der Waals surface area contributed by atoms with Gasteiger partial charge in [-0.3, -0.25) is 4.98 Å². The molecule has 0 spiro atoms. The van der Waals surface area contributed by atoms with Gasteiger partial charge in [0, 0.05) is 39.9 Å². The summed E-state index contributed by atoms with van der Waals surface area (Å²) in [5, 5.41) is 8.45. The monoisotopic (exact) mass is 502 g/mol. The van der Waals surface area contributed by atoms with Gasteiger partial charge in [-0.05, 0) is 97.1 Å². The lowest BCUT2D eigenvalue weighted by molar-refractivity contribution is 0.584. The summed E-state index contributed by atoms with van der Waals surface area (Å²) < 4.78 is 33.1. The molecule has 6 aromatic rings. The van der Waals surface area contributed by atoms with Crippen molar-refractivity contribution in [1.82, 2.24) is 15.2 Å². The fourth-order valence-corrected chi connectivity index (χ4v) is 4.15. The SMILES string of the molecule is Fc1ccc(N(c2ccc(F)cc2)c2ccc(-c3nnc(-c4ccc(-c5ccccn5)cc4)o3)cc2)cc1. The first kappa shape index (κ1) is 23.2. The minimum atomic E-state index is -0.332. The topological polar surface area (TPSA) is 55.1 Å². The fraction of sp³-hybridized carbons (Fsp3) is 0. The normalized spacial score (nSPS) is 10.9. The Kier molecular flexibility index (Phi) is 6.16. The van der Waals surface area contributed by atoms with E-state index in [0.29, 0.717) is 11.8 Å². The minimum Gasteiger partial charge on any atom is -0.416 e. The van der Waals surface area contributed by atoms with Crippen LogP contribution in [0.2, 0.25) is 0 Å². The van der Waals surface area contributed by atoms with Crippen molar-refractivity contribution in [3.8, 4) is 34.2 Å². The van der Waals surface area contributed by atoms with E-state index in [9.17, 15) is 8.78 Å². The Bertz CT molecular complexity index is 1600. The van der Waals surface area contributed by atoms with Gasteiger partial charge in [0.25, 0.3) is 0 Å². The standard InChI is InChI=1S/C31H20F2N4O/c32-24-10-16-27(17-11-24)37(28-18-12-25(33)13-19-28)26-14-8-23(9-15-26)31-36-35-30(38-31)22-6-4-21(5-7-22)29-3-1-2-20-34-29/h1-20H. The lowest BCUT2D eigenvalue weighted by atomic mass is 10.1. The molecule has 7 heteroatoms. The highest BCUT2D eigenvalue weighted by atomic mass is 19.1. The second-order valence-corrected chi connectivity index (χ2v) is 8.54. The van der Waals surface area contributed by atoms with Crippen molar-refractivity contribution in [3.05, 3.63) is 133 Å². The van der Waals surface area contributed by atoms with Crippen LogP contribution in [0.15, 0.2) is 126 Å². The first-order valence-electron chi connectivity index (χ1n) is 11.9. The Labute approximate surface area is 217 Å². The van der Waals surface area contributed by atoms with E-state index in [1.165, 1.54) is 24.3 Å². The number of aromatic nitrogens is 3. The van der Waals surface area contributed by atoms with E-state index in [1.807, 2.05) is 71.6 Å². The first-order chi connectivity index (χ1) is 18.6. The maximum absolute atomic E-state index is 13.6. The van der Waals surface area contributed by atoms with Gasteiger partial charge >= 0.3 is 0 Å². The van der Waals surface area contributed by atoms with Gasteiger partial charge in [0.05, 0.1) is 5.69 Å². The Morgan fingerprint density at radius 1 is 0.500 bits per heavy atom. The molecule has 0 bridgehead atoms. The molecule has 0 amide bonds. The van der Waals surface area contributed by atoms with Crippen molar-refractivity contribution in [2.45, 2.75) is 0 Å². The molecule has 0 saturated carbocycles. The molecule has 0 saturated heterocycles. The number of hydrogen-bond acceptors (Lipinski definition) is 5. The van der Waals surface area contributed by atoms with E-state index >= 15 is 0 Å². The summed E-state index contributed by atoms with van der Waals surface area (Å²) in [6, 6.07) is 33.4. The van der Waals surface area contributed by atoms with Crippen LogP contribution in [-0.4, -0.2) is 15.2 Å². The highest BCUT2D eigenvalue weighted by molar-refractivity contribution is 5.77. The zero-order chi connectivity index (χ0) is 25.9. The average Bonchev–Trinajstić information content (AvgIpc) is 3.47. The molecule has 2 heterocycles. The molecule has 6 rings (SSSR count). The van der Waals surface area contributed by atoms with Crippen molar-refractivity contribution < 1.29 is 13.2 Å². The Hall–Kier alpha value is -5.17. The minimum absolute atomic E-state index is 0.332. The summed E-state index contributed by atoms with van der Waals surface area (Å²) in [6.45, 7) is 0. The van der Waals surface area contributed by atoms with Gasteiger partial charge in [-0.1, -0.05) is 18.2 Å². The molecule has 0 atom stereocenters. The van der Waals surface area contributed by atoms with Crippen molar-refractivity contribution in [3.63, 3.8) is 0 Å². The lowest BCUT2D eigenvalue weighted by Crippen LogP contribution is -2.09. The van der Waals surface area contributed by atoms with Gasteiger partial charge in [-0.2, -0.15) is 0 Å². The number of halogens is 2. The molecule has 0 aliphatic carbocycles. The van der Waals surface area contributed by atoms with Crippen molar-refractivity contribution in [2.75, 3.05) is 4.90 Å². The molecule has 4 aromatic carbocycles. The molecular formula is C31H20F2N4O. The number of hydrogen-bond donors (Lipinski definition) is 0. The van der Waals surface area contributed by atoms with Crippen molar-refractivity contribution in [1.29, 1.82) is 0 Å². The molecule has 38 heavy (non-hydrogen) atoms. The molecule has 0 unspecified atom stereocenters. The van der Waals surface area contributed by atoms with Gasteiger partial charge in [0.2, 0.25) is 11.8 Å². The van der Waals surface area contributed by atoms with E-state index < -0.39 is 0 Å². The number of nitrogens with zero attached hydrogens (tertiary/aromatic N) is 4. The molecule has 184 valence electrons. The van der Waals surface area contributed by atoms with Crippen molar-refractivity contribution >= 4 is 17.1 Å². The third-order valence-electron chi connectivity index (χ3n) is 6.06. The molecule has 0 aliphatic heterocycles. The lowest BCUT2D eigenvalue weighted by Gasteiger charge is -2.25. The van der Waals surface area contributed by atoms with Crippen LogP contribution in [0.4, 0.5) is 25.8 Å². The third kappa shape index (κ3) is 4.77. The van der Waals surface area contributed by atoms with Crippen LogP contribution in [0.1, 0.15) is 0 Å². The molecule has 0 radical (unpaired) electrons. The van der Waals surface area contributed by atoms with Crippen LogP contribution in [0.5, 0.6) is 0 Å². The van der Waals surface area contributed by atoms with E-state index in [2.05, 4.69) is 15.2 Å². The quantitative estimate of drug-likeness (QED) is 0.230. The number of rotatable bonds is 6. The fourth-order valence-electron chi connectivity index (χ4n) is 4.15. The van der Waals surface area contributed by atoms with Crippen molar-refractivity contribution in [2.24, 2.45) is 0 Å². The van der Waals surface area contributed by atoms with E-state index in [-0.39, 0.29) is 11.6 Å². The first-order valence-corrected chi connectivity index (χ1v) is 11.9. The van der Waals surface area contributed by atoms with Gasteiger partial charge in [-0.25, -0.2) is 8.78 Å². The summed E-state index contributed by atoms with van der Waals surface area (Å²) in [5.74, 6) is 0.134. The van der Waals surface area contributed by atoms with Crippen LogP contribution in [-0.2, 0) is 0 Å². The summed E-state index contributed by atoms with van der Waals surface area (Å²) in [6.07, 6.45) is 1.76. The second-order valence-electron chi connectivity index (χ2n) is 8.54. The highest BCUT2D eigenvalue weighted by Crippen LogP contribution is 2.36. The molecule has 0 aliphatic rings. The molecule has 5 nitrogen and oxygen atoms in total. The summed E-state index contributed by atoms with van der Waals surface area (Å²) in [7, 11) is 0. The smallest absolute Gasteiger partial charge is 0.248 e. The van der Waals surface area contributed by atoms with Crippen LogP contribution in [0, 0.1) is 11.6 Å². The number of pyridine rings is 1. The highest BCUT2D eigenvalue weighted by Gasteiger charge is 2.15. The zero-order valence-corrected chi connectivity index (χ0v) is 20.0. The summed E-state index contributed by atoms with van der Waals surface area (Å²) >= 11 is 0. The van der Waals surface area contributed by atoms with Gasteiger partial charge in [-0.15, -0.1) is 10.2 Å². The van der Waals surface area contributed by atoms with Crippen LogP contribution >= 0.6 is 0 Å². The predicted molar refractivity (Wildman–Crippen MR) is 143 cm³/mol. The van der Waals surface area contributed by atoms with E-state index in [1.54, 1.807) is 30.5 Å². The van der Waals surface area contributed by atoms with Gasteiger partial charge in [0.15, 0.2) is 0 Å². The Morgan fingerprint density at radius 3 is 1.42 bits per heavy atom. The van der Waals surface area contributed by atoms with Gasteiger partial charge in [0.1, 0.15) is 11.6 Å². The number of anilines is 3. The van der Waals surface area contributed by atoms with Crippen LogP contribution in [0.25, 0.3) is 34.2 Å². The summed E-state index contributed by atoms with van der Waals surface area (Å²) in [5.41, 5.74) is 5.71. The molecular weight excluding hydrogens is 482 g/mol. The zero-order valence-electron chi connectivity index (χ0n) is 20.0. The second kappa shape index (κ2) is 10.1. The van der Waals surface area contributed by atoms with Crippen LogP contribution < -0.4 is 4.90 Å². The third-order valence-corrected chi connectivity index (χ3v) is 6.06. The molecule has 0 fully saturated rings. The largest absolute Gasteiger partial charge is 0.416 e. The molecule has 0 N–H and O–H groups in total. The van der Waals surface area contributed by atoms with E-state index in [0.717, 1.165) is 39.4 Å². The Morgan fingerprint density at radius 2 is 0.947 bits per heavy atom. The van der Waals surface area contributed by atoms with E-state index in [4.69, 9.17) is 4.42 Å². The summed E-state index contributed by atoms with van der Waals surface area (Å²) in [4.78, 5) is 6.28. The maximum Gasteiger partial charge on any atom is 0.248 e. The predicted octanol–water partition coefficient (Wildman–Crippen LogP) is 8.21. The van der Waals surface area contributed by atoms with Crippen LogP contribution in [0.3, 0.4) is 0 Å². The van der Waals surface area contributed by atoms with Gasteiger partial charge < -0.3 is 9.32 Å².